The number of halogens is 7. The van der Waals surface area contributed by atoms with E-state index in [-0.39, 0.29) is 40.2 Å². The number of pyridine rings is 3. The summed E-state index contributed by atoms with van der Waals surface area (Å²) in [4.78, 5) is 22.5. The molecular weight excluding hydrogens is 497 g/mol. The average Bonchev–Trinajstić information content (AvgIpc) is 2.80. The van der Waals surface area contributed by atoms with Crippen molar-refractivity contribution in [3.8, 4) is 22.9 Å². The van der Waals surface area contributed by atoms with Crippen molar-refractivity contribution in [3.05, 3.63) is 65.6 Å². The van der Waals surface area contributed by atoms with Crippen LogP contribution < -0.4 is 11.1 Å². The highest BCUT2D eigenvalue weighted by Crippen LogP contribution is 2.32. The van der Waals surface area contributed by atoms with E-state index in [1.165, 1.54) is 25.1 Å². The molecule has 0 saturated heterocycles. The van der Waals surface area contributed by atoms with Crippen LogP contribution >= 0.6 is 0 Å². The van der Waals surface area contributed by atoms with Gasteiger partial charge in [0.2, 0.25) is 11.9 Å². The Morgan fingerprint density at radius 3 is 2.19 bits per heavy atom. The van der Waals surface area contributed by atoms with Gasteiger partial charge in [-0.3, -0.25) is 4.98 Å². The van der Waals surface area contributed by atoms with Crippen LogP contribution in [-0.4, -0.2) is 29.9 Å². The Bertz CT molecular complexity index is 1440. The van der Waals surface area contributed by atoms with Crippen LogP contribution in [0.1, 0.15) is 17.1 Å². The fourth-order valence-electron chi connectivity index (χ4n) is 3.01. The molecule has 0 radical (unpaired) electrons. The van der Waals surface area contributed by atoms with Gasteiger partial charge < -0.3 is 11.1 Å². The first kappa shape index (κ1) is 24.7. The summed E-state index contributed by atoms with van der Waals surface area (Å²) in [7, 11) is 0. The van der Waals surface area contributed by atoms with E-state index in [1.807, 2.05) is 0 Å². The second-order valence-corrected chi connectivity index (χ2v) is 7.28. The topological polar surface area (TPSA) is 115 Å². The SMILES string of the molecule is Cc1cc(-c2nc(Nc3ccnc(C(F)(F)F)c3)nc(-c3cccc(C(F)(F)F)n3)n2)c(N)c(F)n1. The molecule has 8 nitrogen and oxygen atoms in total. The molecule has 0 amide bonds. The minimum atomic E-state index is -4.77. The predicted molar refractivity (Wildman–Crippen MR) is 113 cm³/mol. The summed E-state index contributed by atoms with van der Waals surface area (Å²) < 4.78 is 92.8. The molecule has 3 N–H and O–H groups in total. The molecule has 4 heterocycles. The molecule has 0 fully saturated rings. The lowest BCUT2D eigenvalue weighted by atomic mass is 10.2. The minimum Gasteiger partial charge on any atom is -0.394 e. The molecule has 0 aromatic carbocycles. The van der Waals surface area contributed by atoms with Crippen LogP contribution in [0, 0.1) is 12.9 Å². The molecule has 36 heavy (non-hydrogen) atoms. The number of alkyl halides is 6. The summed E-state index contributed by atoms with van der Waals surface area (Å²) in [6, 6.07) is 6.19. The fraction of sp³-hybridized carbons (Fsp3) is 0.143. The van der Waals surface area contributed by atoms with Crippen molar-refractivity contribution in [1.82, 2.24) is 29.9 Å². The highest BCUT2D eigenvalue weighted by molar-refractivity contribution is 5.73. The van der Waals surface area contributed by atoms with E-state index >= 15 is 0 Å². The maximum Gasteiger partial charge on any atom is 0.433 e. The van der Waals surface area contributed by atoms with Crippen LogP contribution in [0.5, 0.6) is 0 Å². The third kappa shape index (κ3) is 5.29. The molecule has 4 aromatic rings. The molecule has 0 aliphatic rings. The van der Waals surface area contributed by atoms with Crippen LogP contribution in [0.4, 0.5) is 48.1 Å². The van der Waals surface area contributed by atoms with E-state index in [4.69, 9.17) is 5.73 Å². The van der Waals surface area contributed by atoms with Gasteiger partial charge in [-0.25, -0.2) is 15.0 Å². The van der Waals surface area contributed by atoms with E-state index in [1.54, 1.807) is 0 Å². The Hall–Kier alpha value is -4.43. The normalized spacial score (nSPS) is 12.0. The van der Waals surface area contributed by atoms with Gasteiger partial charge in [-0.05, 0) is 37.3 Å². The minimum absolute atomic E-state index is 0.0654. The first-order chi connectivity index (χ1) is 16.8. The van der Waals surface area contributed by atoms with Gasteiger partial charge in [0, 0.05) is 23.1 Å². The summed E-state index contributed by atoms with van der Waals surface area (Å²) in [5, 5.41) is 2.53. The maximum absolute atomic E-state index is 14.2. The fourth-order valence-corrected chi connectivity index (χ4v) is 3.01. The van der Waals surface area contributed by atoms with Crippen LogP contribution in [0.25, 0.3) is 22.9 Å². The van der Waals surface area contributed by atoms with Gasteiger partial charge in [-0.1, -0.05) is 6.07 Å². The number of nitrogens with two attached hydrogens (primary N) is 1. The summed E-state index contributed by atoms with van der Waals surface area (Å²) in [5.74, 6) is -2.08. The number of aryl methyl sites for hydroxylation is 1. The Balaban J connectivity index is 1.88. The Labute approximate surface area is 197 Å². The number of hydrogen-bond acceptors (Lipinski definition) is 8. The number of hydrogen-bond donors (Lipinski definition) is 2. The Kier molecular flexibility index (Phi) is 6.16. The number of aromatic nitrogens is 6. The number of nitrogen functional groups attached to an aromatic ring is 1. The summed E-state index contributed by atoms with van der Waals surface area (Å²) in [5.41, 5.74) is 2.53. The van der Waals surface area contributed by atoms with Crippen molar-refractivity contribution < 1.29 is 30.7 Å². The van der Waals surface area contributed by atoms with Crippen LogP contribution in [-0.2, 0) is 12.4 Å². The zero-order chi connectivity index (χ0) is 26.3. The summed E-state index contributed by atoms with van der Waals surface area (Å²) in [6.07, 6.45) is -8.62. The highest BCUT2D eigenvalue weighted by Gasteiger charge is 2.33. The van der Waals surface area contributed by atoms with Crippen molar-refractivity contribution in [3.63, 3.8) is 0 Å². The molecule has 0 aliphatic heterocycles. The molecular formula is C21H13F7N8. The maximum atomic E-state index is 14.2. The molecule has 4 aromatic heterocycles. The van der Waals surface area contributed by atoms with Gasteiger partial charge >= 0.3 is 12.4 Å². The number of rotatable bonds is 4. The van der Waals surface area contributed by atoms with Gasteiger partial charge in [0.25, 0.3) is 0 Å². The monoisotopic (exact) mass is 510 g/mol. The van der Waals surface area contributed by atoms with Crippen LogP contribution in [0.15, 0.2) is 42.6 Å². The molecule has 0 saturated carbocycles. The lowest BCUT2D eigenvalue weighted by molar-refractivity contribution is -0.141. The third-order valence-electron chi connectivity index (χ3n) is 4.59. The van der Waals surface area contributed by atoms with Crippen molar-refractivity contribution >= 4 is 17.3 Å². The second kappa shape index (κ2) is 8.98. The lowest BCUT2D eigenvalue weighted by Crippen LogP contribution is -2.11. The number of nitrogens with one attached hydrogen (secondary N) is 1. The largest absolute Gasteiger partial charge is 0.433 e. The predicted octanol–water partition coefficient (Wildman–Crippen LogP) is 5.20. The van der Waals surface area contributed by atoms with Gasteiger partial charge in [-0.15, -0.1) is 0 Å². The quantitative estimate of drug-likeness (QED) is 0.284. The number of anilines is 3. The zero-order valence-corrected chi connectivity index (χ0v) is 17.9. The first-order valence-electron chi connectivity index (χ1n) is 9.85. The first-order valence-corrected chi connectivity index (χ1v) is 9.85. The number of nitrogens with zero attached hydrogens (tertiary/aromatic N) is 6. The van der Waals surface area contributed by atoms with E-state index in [2.05, 4.69) is 35.2 Å². The standard InChI is InChI=1S/C21H13F7N8/c1-9-7-11(15(29)16(22)31-9)17-34-18(12-3-2-4-13(33-12)20(23,24)25)36-19(35-17)32-10-5-6-30-14(8-10)21(26,27)28/h2-8H,29H2,1H3,(H,30,32,34,35,36). The molecule has 15 heteroatoms. The lowest BCUT2D eigenvalue weighted by Gasteiger charge is -2.13. The van der Waals surface area contributed by atoms with E-state index in [0.29, 0.717) is 6.07 Å². The Morgan fingerprint density at radius 2 is 1.50 bits per heavy atom. The van der Waals surface area contributed by atoms with Crippen molar-refractivity contribution in [2.24, 2.45) is 0 Å². The zero-order valence-electron chi connectivity index (χ0n) is 17.9. The molecule has 4 rings (SSSR count). The smallest absolute Gasteiger partial charge is 0.394 e. The van der Waals surface area contributed by atoms with E-state index < -0.39 is 35.4 Å². The van der Waals surface area contributed by atoms with Crippen molar-refractivity contribution in [1.29, 1.82) is 0 Å². The van der Waals surface area contributed by atoms with Crippen molar-refractivity contribution in [2.75, 3.05) is 11.1 Å². The van der Waals surface area contributed by atoms with Gasteiger partial charge in [0.05, 0.1) is 5.69 Å². The van der Waals surface area contributed by atoms with Gasteiger partial charge in [-0.2, -0.15) is 40.7 Å². The van der Waals surface area contributed by atoms with Gasteiger partial charge in [0.1, 0.15) is 17.1 Å². The van der Waals surface area contributed by atoms with E-state index in [0.717, 1.165) is 18.3 Å². The van der Waals surface area contributed by atoms with E-state index in [9.17, 15) is 30.7 Å². The van der Waals surface area contributed by atoms with Crippen molar-refractivity contribution in [2.45, 2.75) is 19.3 Å². The average molecular weight is 510 g/mol. The molecule has 0 bridgehead atoms. The highest BCUT2D eigenvalue weighted by atomic mass is 19.4. The summed E-state index contributed by atoms with van der Waals surface area (Å²) >= 11 is 0. The third-order valence-corrected chi connectivity index (χ3v) is 4.59. The molecule has 0 atom stereocenters. The molecule has 0 spiro atoms. The van der Waals surface area contributed by atoms with Gasteiger partial charge in [0.15, 0.2) is 11.6 Å². The molecule has 186 valence electrons. The summed E-state index contributed by atoms with van der Waals surface area (Å²) in [6.45, 7) is 1.46. The molecule has 0 unspecified atom stereocenters. The van der Waals surface area contributed by atoms with Crippen LogP contribution in [0.2, 0.25) is 0 Å². The molecule has 0 aliphatic carbocycles. The van der Waals surface area contributed by atoms with Crippen LogP contribution in [0.3, 0.4) is 0 Å². The Morgan fingerprint density at radius 1 is 0.806 bits per heavy atom. The second-order valence-electron chi connectivity index (χ2n) is 7.28.